The van der Waals surface area contributed by atoms with Crippen LogP contribution in [0.3, 0.4) is 0 Å². The van der Waals surface area contributed by atoms with Crippen molar-refractivity contribution < 1.29 is 12.6 Å². The second kappa shape index (κ2) is 1.76. The van der Waals surface area contributed by atoms with Gasteiger partial charge in [0.1, 0.15) is 0 Å². The fraction of sp³-hybridized carbons (Fsp3) is 0.667. The predicted octanol–water partition coefficient (Wildman–Crippen LogP) is 0.481. The van der Waals surface area contributed by atoms with Gasteiger partial charge in [-0.15, -0.1) is 0 Å². The molecule has 0 fully saturated rings. The Morgan fingerprint density at radius 2 is 3.20 bits per heavy atom. The van der Waals surface area contributed by atoms with Gasteiger partial charge in [0.2, 0.25) is 0 Å². The van der Waals surface area contributed by atoms with Crippen LogP contribution in [-0.4, -0.2) is 11.1 Å². The van der Waals surface area contributed by atoms with E-state index >= 15 is 0 Å². The highest BCUT2D eigenvalue weighted by Crippen LogP contribution is 1.67. The van der Waals surface area contributed by atoms with Crippen LogP contribution in [0.5, 0.6) is 0 Å². The first-order valence-electron chi connectivity index (χ1n) is 2.41. The minimum atomic E-state index is -1.26. The van der Waals surface area contributed by atoms with Gasteiger partial charge in [-0.05, 0) is 0 Å². The summed E-state index contributed by atoms with van der Waals surface area (Å²) in [4.78, 5) is 9.62. The van der Waals surface area contributed by atoms with Crippen LogP contribution in [0.25, 0.3) is 0 Å². The molecular formula is C3H6O2. The zero-order valence-electron chi connectivity index (χ0n) is 4.64. The molecule has 0 heterocycles. The Bertz CT molecular complexity index is 73.3. The van der Waals surface area contributed by atoms with Gasteiger partial charge in [0.25, 0.3) is 0 Å². The van der Waals surface area contributed by atoms with Crippen molar-refractivity contribution >= 4 is 5.97 Å². The van der Waals surface area contributed by atoms with Gasteiger partial charge < -0.3 is 5.11 Å². The summed E-state index contributed by atoms with van der Waals surface area (Å²) < 4.78 is 12.9. The summed E-state index contributed by atoms with van der Waals surface area (Å²) in [6, 6.07) is 0. The van der Waals surface area contributed by atoms with Crippen molar-refractivity contribution in [3.8, 4) is 0 Å². The molecule has 0 saturated heterocycles. The molecule has 5 heavy (non-hydrogen) atoms. The SMILES string of the molecule is [3H]CC([3H])C(=O)O. The summed E-state index contributed by atoms with van der Waals surface area (Å²) >= 11 is 0. The lowest BCUT2D eigenvalue weighted by atomic mass is 10.5. The Morgan fingerprint density at radius 3 is 3.20 bits per heavy atom. The van der Waals surface area contributed by atoms with Crippen molar-refractivity contribution in [2.45, 2.75) is 13.3 Å². The van der Waals surface area contributed by atoms with E-state index in [0.717, 1.165) is 0 Å². The number of hydrogen-bond donors (Lipinski definition) is 1. The van der Waals surface area contributed by atoms with Crippen molar-refractivity contribution in [2.75, 3.05) is 0 Å². The highest BCUT2D eigenvalue weighted by Gasteiger charge is 1.80. The van der Waals surface area contributed by atoms with Crippen LogP contribution < -0.4 is 0 Å². The number of rotatable bonds is 1. The van der Waals surface area contributed by atoms with Gasteiger partial charge in [0.15, 0.2) is 0 Å². The van der Waals surface area contributed by atoms with Crippen molar-refractivity contribution in [3.05, 3.63) is 0 Å². The zero-order chi connectivity index (χ0) is 5.86. The summed E-state index contributed by atoms with van der Waals surface area (Å²) in [5, 5.41) is 7.87. The molecule has 1 unspecified atom stereocenters. The summed E-state index contributed by atoms with van der Waals surface area (Å²) in [6.07, 6.45) is -1.26. The van der Waals surface area contributed by atoms with Gasteiger partial charge in [-0.25, -0.2) is 0 Å². The standard InChI is InChI=1S/C3H6O2/c1-2-3(4)5/h2H2,1H3,(H,4,5)/i1T,2T. The molecular weight excluding hydrogens is 68.0 g/mol. The molecule has 0 rings (SSSR count). The molecule has 0 aliphatic heterocycles. The van der Waals surface area contributed by atoms with Crippen LogP contribution in [0, 0.1) is 0 Å². The van der Waals surface area contributed by atoms with Crippen LogP contribution in [0.2, 0.25) is 0 Å². The molecule has 0 aromatic carbocycles. The van der Waals surface area contributed by atoms with Crippen LogP contribution in [0.15, 0.2) is 0 Å². The van der Waals surface area contributed by atoms with Gasteiger partial charge in [-0.3, -0.25) is 4.79 Å². The highest BCUT2D eigenvalue weighted by atomic mass is 16.4. The first-order valence-corrected chi connectivity index (χ1v) is 1.12. The Kier molecular flexibility index (Phi) is 0.633. The van der Waals surface area contributed by atoms with E-state index in [1.54, 1.807) is 0 Å². The molecule has 1 atom stereocenters. The number of aliphatic carboxylic acids is 1. The highest BCUT2D eigenvalue weighted by molar-refractivity contribution is 5.66. The van der Waals surface area contributed by atoms with Crippen LogP contribution in [-0.2, 0) is 4.79 Å². The van der Waals surface area contributed by atoms with Crippen molar-refractivity contribution in [3.63, 3.8) is 0 Å². The first-order chi connectivity index (χ1) is 3.18. The van der Waals surface area contributed by atoms with Gasteiger partial charge >= 0.3 is 5.97 Å². The van der Waals surface area contributed by atoms with Crippen LogP contribution in [0.4, 0.5) is 0 Å². The second-order valence-corrected chi connectivity index (χ2v) is 0.542. The smallest absolute Gasteiger partial charge is 0.303 e. The Balaban J connectivity index is 3.34. The lowest BCUT2D eigenvalue weighted by Gasteiger charge is -1.71. The topological polar surface area (TPSA) is 37.3 Å². The van der Waals surface area contributed by atoms with E-state index in [-0.39, 0.29) is 6.90 Å². The molecule has 0 spiro atoms. The van der Waals surface area contributed by atoms with Crippen LogP contribution >= 0.6 is 0 Å². The number of hydrogen-bond acceptors (Lipinski definition) is 1. The lowest BCUT2D eigenvalue weighted by molar-refractivity contribution is -0.136. The molecule has 0 bridgehead atoms. The van der Waals surface area contributed by atoms with Crippen molar-refractivity contribution in [1.29, 1.82) is 0 Å². The maximum atomic E-state index is 9.62. The average Bonchev–Trinajstić information content (AvgIpc) is 1.65. The summed E-state index contributed by atoms with van der Waals surface area (Å²) in [5.41, 5.74) is 0. The third-order valence-electron chi connectivity index (χ3n) is 0.175. The molecule has 0 amide bonds. The van der Waals surface area contributed by atoms with Gasteiger partial charge in [0.05, 0.1) is 0 Å². The molecule has 1 N–H and O–H groups in total. The fourth-order valence-electron chi connectivity index (χ4n) is 0. The van der Waals surface area contributed by atoms with E-state index in [1.807, 2.05) is 0 Å². The monoisotopic (exact) mass is 78.1 g/mol. The molecule has 0 saturated carbocycles. The fourth-order valence-corrected chi connectivity index (χ4v) is 0. The maximum absolute atomic E-state index is 9.62. The molecule has 0 aliphatic rings. The molecule has 30 valence electrons. The molecule has 0 aromatic heterocycles. The molecule has 2 heteroatoms. The van der Waals surface area contributed by atoms with E-state index in [1.165, 1.54) is 0 Å². The van der Waals surface area contributed by atoms with E-state index in [2.05, 4.69) is 0 Å². The van der Waals surface area contributed by atoms with E-state index in [9.17, 15) is 4.79 Å². The predicted molar refractivity (Wildman–Crippen MR) is 17.9 cm³/mol. The van der Waals surface area contributed by atoms with Crippen molar-refractivity contribution in [2.24, 2.45) is 0 Å². The molecule has 2 nitrogen and oxygen atoms in total. The minimum Gasteiger partial charge on any atom is -0.481 e. The Labute approximate surface area is 33.2 Å². The zero-order valence-corrected chi connectivity index (χ0v) is 2.64. The Hall–Kier alpha value is -0.530. The largest absolute Gasteiger partial charge is 0.481 e. The lowest BCUT2D eigenvalue weighted by Crippen LogP contribution is -1.86. The summed E-state index contributed by atoms with van der Waals surface area (Å²) in [6.45, 7) is -0.366. The average molecular weight is 78.1 g/mol. The van der Waals surface area contributed by atoms with Crippen molar-refractivity contribution in [1.82, 2.24) is 0 Å². The maximum Gasteiger partial charge on any atom is 0.303 e. The van der Waals surface area contributed by atoms with E-state index in [0.29, 0.717) is 0 Å². The van der Waals surface area contributed by atoms with Gasteiger partial charge in [-0.1, -0.05) is 6.90 Å². The second-order valence-electron chi connectivity index (χ2n) is 0.542. The number of carboxylic acid groups (broad SMARTS) is 1. The first kappa shape index (κ1) is 1.80. The van der Waals surface area contributed by atoms with Gasteiger partial charge in [0, 0.05) is 9.14 Å². The summed E-state index contributed by atoms with van der Waals surface area (Å²) in [7, 11) is 0. The van der Waals surface area contributed by atoms with Gasteiger partial charge in [-0.2, -0.15) is 0 Å². The molecule has 0 aliphatic carbocycles. The van der Waals surface area contributed by atoms with E-state index < -0.39 is 12.4 Å². The normalized spacial score (nSPS) is 19.2. The molecule has 0 radical (unpaired) electrons. The summed E-state index contributed by atoms with van der Waals surface area (Å²) in [5.74, 6) is -1.23. The quantitative estimate of drug-likeness (QED) is 0.495. The molecule has 0 aromatic rings. The third kappa shape index (κ3) is 3.47. The number of carbonyl (C=O) groups is 1. The van der Waals surface area contributed by atoms with E-state index in [4.69, 9.17) is 7.85 Å². The minimum absolute atomic E-state index is 0.366. The van der Waals surface area contributed by atoms with Crippen LogP contribution in [0.1, 0.15) is 16.0 Å². The third-order valence-corrected chi connectivity index (χ3v) is 0.175. The number of carboxylic acids is 1. The Morgan fingerprint density at radius 1 is 2.60 bits per heavy atom.